The number of aromatic amines is 1. The summed E-state index contributed by atoms with van der Waals surface area (Å²) in [5.41, 5.74) is 0.485. The number of nitrogens with one attached hydrogen (secondary N) is 1. The molecule has 0 saturated heterocycles. The highest BCUT2D eigenvalue weighted by Gasteiger charge is 2.05. The van der Waals surface area contributed by atoms with Crippen LogP contribution in [-0.4, -0.2) is 9.97 Å². The summed E-state index contributed by atoms with van der Waals surface area (Å²) >= 11 is 8.94. The van der Waals surface area contributed by atoms with E-state index < -0.39 is 0 Å². The third-order valence-corrected chi connectivity index (χ3v) is 2.76. The Morgan fingerprint density at radius 1 is 1.50 bits per heavy atom. The number of alkyl halides is 1. The molecular formula is C9H6BrClN2O. The highest BCUT2D eigenvalue weighted by Crippen LogP contribution is 2.19. The SMILES string of the molecule is O=c1[nH]c(CCl)nc2c(Br)cccc12. The first-order valence-electron chi connectivity index (χ1n) is 3.96. The molecule has 0 aliphatic heterocycles. The van der Waals surface area contributed by atoms with Crippen molar-refractivity contribution >= 4 is 38.4 Å². The summed E-state index contributed by atoms with van der Waals surface area (Å²) in [5, 5.41) is 0.563. The normalized spacial score (nSPS) is 10.7. The van der Waals surface area contributed by atoms with Gasteiger partial charge < -0.3 is 4.98 Å². The van der Waals surface area contributed by atoms with Crippen molar-refractivity contribution in [3.8, 4) is 0 Å². The topological polar surface area (TPSA) is 45.8 Å². The van der Waals surface area contributed by atoms with Crippen molar-refractivity contribution in [2.24, 2.45) is 0 Å². The molecule has 1 N–H and O–H groups in total. The zero-order valence-corrected chi connectivity index (χ0v) is 9.39. The number of hydrogen-bond acceptors (Lipinski definition) is 2. The van der Waals surface area contributed by atoms with Gasteiger partial charge in [-0.05, 0) is 28.1 Å². The molecule has 0 fully saturated rings. The molecule has 0 aliphatic rings. The van der Waals surface area contributed by atoms with Gasteiger partial charge in [0.25, 0.3) is 5.56 Å². The van der Waals surface area contributed by atoms with Crippen molar-refractivity contribution in [2.75, 3.05) is 0 Å². The van der Waals surface area contributed by atoms with Crippen molar-refractivity contribution in [3.63, 3.8) is 0 Å². The van der Waals surface area contributed by atoms with Crippen LogP contribution in [0.1, 0.15) is 5.82 Å². The number of para-hydroxylation sites is 1. The van der Waals surface area contributed by atoms with Gasteiger partial charge in [-0.25, -0.2) is 4.98 Å². The highest BCUT2D eigenvalue weighted by molar-refractivity contribution is 9.10. The molecule has 0 amide bonds. The Labute approximate surface area is 93.2 Å². The van der Waals surface area contributed by atoms with Gasteiger partial charge in [-0.15, -0.1) is 11.6 Å². The number of H-pyrrole nitrogens is 1. The molecule has 0 saturated carbocycles. The fourth-order valence-electron chi connectivity index (χ4n) is 1.24. The maximum atomic E-state index is 11.5. The van der Waals surface area contributed by atoms with Crippen LogP contribution in [-0.2, 0) is 5.88 Å². The predicted molar refractivity (Wildman–Crippen MR) is 59.6 cm³/mol. The van der Waals surface area contributed by atoms with Gasteiger partial charge in [0.15, 0.2) is 0 Å². The van der Waals surface area contributed by atoms with E-state index in [0.717, 1.165) is 4.47 Å². The lowest BCUT2D eigenvalue weighted by atomic mass is 10.2. The third kappa shape index (κ3) is 1.55. The number of fused-ring (bicyclic) bond motifs is 1. The molecule has 14 heavy (non-hydrogen) atoms. The van der Waals surface area contributed by atoms with Crippen molar-refractivity contribution in [1.29, 1.82) is 0 Å². The molecule has 0 bridgehead atoms. The summed E-state index contributed by atoms with van der Waals surface area (Å²) in [5.74, 6) is 0.683. The average molecular weight is 274 g/mol. The highest BCUT2D eigenvalue weighted by atomic mass is 79.9. The molecule has 0 spiro atoms. The summed E-state index contributed by atoms with van der Waals surface area (Å²) in [6.45, 7) is 0. The van der Waals surface area contributed by atoms with E-state index in [9.17, 15) is 4.79 Å². The fraction of sp³-hybridized carbons (Fsp3) is 0.111. The largest absolute Gasteiger partial charge is 0.309 e. The first-order valence-corrected chi connectivity index (χ1v) is 5.28. The van der Waals surface area contributed by atoms with Gasteiger partial charge in [-0.2, -0.15) is 0 Å². The number of benzene rings is 1. The lowest BCUT2D eigenvalue weighted by Gasteiger charge is -2.00. The monoisotopic (exact) mass is 272 g/mol. The summed E-state index contributed by atoms with van der Waals surface area (Å²) in [6.07, 6.45) is 0. The van der Waals surface area contributed by atoms with Gasteiger partial charge in [0.1, 0.15) is 5.82 Å². The molecule has 1 aromatic heterocycles. The number of aromatic nitrogens is 2. The van der Waals surface area contributed by atoms with Crippen LogP contribution in [0.3, 0.4) is 0 Å². The molecule has 0 radical (unpaired) electrons. The predicted octanol–water partition coefficient (Wildman–Crippen LogP) is 2.42. The smallest absolute Gasteiger partial charge is 0.258 e. The van der Waals surface area contributed by atoms with Crippen molar-refractivity contribution < 1.29 is 0 Å². The average Bonchev–Trinajstić information content (AvgIpc) is 2.19. The van der Waals surface area contributed by atoms with Gasteiger partial charge >= 0.3 is 0 Å². The van der Waals surface area contributed by atoms with E-state index in [0.29, 0.717) is 16.7 Å². The molecule has 1 aromatic carbocycles. The van der Waals surface area contributed by atoms with E-state index in [-0.39, 0.29) is 11.4 Å². The molecule has 0 aliphatic carbocycles. The Morgan fingerprint density at radius 2 is 2.29 bits per heavy atom. The van der Waals surface area contributed by atoms with Crippen LogP contribution in [0.5, 0.6) is 0 Å². The van der Waals surface area contributed by atoms with E-state index in [1.807, 2.05) is 6.07 Å². The number of halogens is 2. The Bertz CT molecular complexity index is 538. The lowest BCUT2D eigenvalue weighted by molar-refractivity contribution is 1.03. The first kappa shape index (κ1) is 9.68. The Hall–Kier alpha value is -0.870. The van der Waals surface area contributed by atoms with Gasteiger partial charge in [-0.3, -0.25) is 4.79 Å². The van der Waals surface area contributed by atoms with E-state index in [2.05, 4.69) is 25.9 Å². The van der Waals surface area contributed by atoms with Crippen LogP contribution in [0.15, 0.2) is 27.5 Å². The van der Waals surface area contributed by atoms with E-state index in [1.54, 1.807) is 12.1 Å². The van der Waals surface area contributed by atoms with Crippen LogP contribution < -0.4 is 5.56 Å². The van der Waals surface area contributed by atoms with Gasteiger partial charge in [-0.1, -0.05) is 6.07 Å². The lowest BCUT2D eigenvalue weighted by Crippen LogP contribution is -2.10. The van der Waals surface area contributed by atoms with E-state index in [4.69, 9.17) is 11.6 Å². The van der Waals surface area contributed by atoms with Crippen LogP contribution in [0.25, 0.3) is 10.9 Å². The minimum Gasteiger partial charge on any atom is -0.309 e. The van der Waals surface area contributed by atoms with E-state index in [1.165, 1.54) is 0 Å². The zero-order valence-electron chi connectivity index (χ0n) is 7.05. The quantitative estimate of drug-likeness (QED) is 0.811. The second-order valence-electron chi connectivity index (χ2n) is 2.78. The molecular weight excluding hydrogens is 267 g/mol. The van der Waals surface area contributed by atoms with Gasteiger partial charge in [0.05, 0.1) is 16.8 Å². The fourth-order valence-corrected chi connectivity index (χ4v) is 1.82. The zero-order chi connectivity index (χ0) is 10.1. The second kappa shape index (κ2) is 3.71. The second-order valence-corrected chi connectivity index (χ2v) is 3.90. The first-order chi connectivity index (χ1) is 6.72. The molecule has 0 atom stereocenters. The number of rotatable bonds is 1. The maximum Gasteiger partial charge on any atom is 0.258 e. The van der Waals surface area contributed by atoms with Crippen molar-refractivity contribution in [3.05, 3.63) is 38.9 Å². The van der Waals surface area contributed by atoms with Crippen LogP contribution in [0, 0.1) is 0 Å². The maximum absolute atomic E-state index is 11.5. The van der Waals surface area contributed by atoms with Crippen LogP contribution in [0.2, 0.25) is 0 Å². The van der Waals surface area contributed by atoms with Crippen molar-refractivity contribution in [2.45, 2.75) is 5.88 Å². The van der Waals surface area contributed by atoms with E-state index >= 15 is 0 Å². The summed E-state index contributed by atoms with van der Waals surface area (Å²) in [4.78, 5) is 18.4. The number of nitrogens with zero attached hydrogens (tertiary/aromatic N) is 1. The number of hydrogen-bond donors (Lipinski definition) is 1. The standard InChI is InChI=1S/C9H6BrClN2O/c10-6-3-1-2-5-8(6)12-7(4-11)13-9(5)14/h1-3H,4H2,(H,12,13,14). The Kier molecular flexibility index (Phi) is 2.56. The Morgan fingerprint density at radius 3 is 3.00 bits per heavy atom. The molecule has 72 valence electrons. The minimum absolute atomic E-state index is 0.160. The molecule has 5 heteroatoms. The van der Waals surface area contributed by atoms with Crippen LogP contribution in [0.4, 0.5) is 0 Å². The summed E-state index contributed by atoms with van der Waals surface area (Å²) in [7, 11) is 0. The molecule has 0 unspecified atom stereocenters. The van der Waals surface area contributed by atoms with Gasteiger partial charge in [0.2, 0.25) is 0 Å². The molecule has 1 heterocycles. The molecule has 2 rings (SSSR count). The summed E-state index contributed by atoms with van der Waals surface area (Å²) < 4.78 is 0.799. The van der Waals surface area contributed by atoms with Gasteiger partial charge in [0, 0.05) is 4.47 Å². The summed E-state index contributed by atoms with van der Waals surface area (Å²) in [6, 6.07) is 5.36. The minimum atomic E-state index is -0.160. The Balaban J connectivity index is 2.91. The van der Waals surface area contributed by atoms with Crippen molar-refractivity contribution in [1.82, 2.24) is 9.97 Å². The third-order valence-electron chi connectivity index (χ3n) is 1.86. The molecule has 2 aromatic rings. The molecule has 3 nitrogen and oxygen atoms in total. The van der Waals surface area contributed by atoms with Crippen LogP contribution >= 0.6 is 27.5 Å².